The van der Waals surface area contributed by atoms with Gasteiger partial charge in [0.1, 0.15) is 6.04 Å². The van der Waals surface area contributed by atoms with Gasteiger partial charge < -0.3 is 16.0 Å². The maximum atomic E-state index is 12.7. The summed E-state index contributed by atoms with van der Waals surface area (Å²) in [7, 11) is 1.64. The summed E-state index contributed by atoms with van der Waals surface area (Å²) in [4.78, 5) is 26.5. The van der Waals surface area contributed by atoms with Crippen molar-refractivity contribution in [1.82, 2.24) is 10.2 Å². The number of nitrogens with one attached hydrogen (secondary N) is 1. The lowest BCUT2D eigenvalue weighted by atomic mass is 9.81. The quantitative estimate of drug-likeness (QED) is 0.806. The average Bonchev–Trinajstić information content (AvgIpc) is 2.53. The van der Waals surface area contributed by atoms with Crippen LogP contribution >= 0.6 is 0 Å². The number of carbonyl (C=O) groups excluding carboxylic acids is 2. The second-order valence-electron chi connectivity index (χ2n) is 6.11. The maximum Gasteiger partial charge on any atom is 0.242 e. The fourth-order valence-corrected chi connectivity index (χ4v) is 3.51. The third-order valence-corrected chi connectivity index (χ3v) is 4.86. The molecular weight excluding hydrogens is 254 g/mol. The van der Waals surface area contributed by atoms with E-state index in [-0.39, 0.29) is 23.8 Å². The van der Waals surface area contributed by atoms with Crippen molar-refractivity contribution in [2.24, 2.45) is 17.6 Å². The van der Waals surface area contributed by atoms with Gasteiger partial charge in [-0.3, -0.25) is 9.59 Å². The number of carbonyl (C=O) groups is 2. The summed E-state index contributed by atoms with van der Waals surface area (Å²) in [6.45, 7) is 1.46. The van der Waals surface area contributed by atoms with Crippen LogP contribution in [0.2, 0.25) is 0 Å². The summed E-state index contributed by atoms with van der Waals surface area (Å²) in [6, 6.07) is -0.256. The standard InChI is InChI=1S/C15H27N3O2/c1-17-14(19)13-4-2-3-9-18(13)15(20)12-7-5-11(10-16)6-8-12/h11-13H,2-10,16H2,1H3,(H,17,19). The van der Waals surface area contributed by atoms with Crippen LogP contribution in [0, 0.1) is 11.8 Å². The monoisotopic (exact) mass is 281 g/mol. The first-order chi connectivity index (χ1) is 9.67. The molecule has 1 aliphatic carbocycles. The first-order valence-electron chi connectivity index (χ1n) is 7.89. The Morgan fingerprint density at radius 3 is 2.45 bits per heavy atom. The van der Waals surface area contributed by atoms with E-state index in [0.29, 0.717) is 5.92 Å². The lowest BCUT2D eigenvalue weighted by Crippen LogP contribution is -2.53. The highest BCUT2D eigenvalue weighted by molar-refractivity contribution is 5.88. The highest BCUT2D eigenvalue weighted by Gasteiger charge is 2.36. The van der Waals surface area contributed by atoms with Gasteiger partial charge in [-0.2, -0.15) is 0 Å². The third kappa shape index (κ3) is 3.32. The van der Waals surface area contributed by atoms with Crippen LogP contribution in [0.3, 0.4) is 0 Å². The molecule has 1 aliphatic heterocycles. The Morgan fingerprint density at radius 2 is 1.85 bits per heavy atom. The van der Waals surface area contributed by atoms with E-state index in [2.05, 4.69) is 5.32 Å². The Bertz CT molecular complexity index is 351. The molecule has 1 saturated carbocycles. The molecule has 20 heavy (non-hydrogen) atoms. The van der Waals surface area contributed by atoms with Crippen LogP contribution in [0.25, 0.3) is 0 Å². The fraction of sp³-hybridized carbons (Fsp3) is 0.867. The number of amides is 2. The molecule has 0 radical (unpaired) electrons. The molecule has 2 amide bonds. The van der Waals surface area contributed by atoms with E-state index in [9.17, 15) is 9.59 Å². The summed E-state index contributed by atoms with van der Waals surface area (Å²) in [5, 5.41) is 2.69. The van der Waals surface area contributed by atoms with E-state index in [0.717, 1.165) is 58.0 Å². The van der Waals surface area contributed by atoms with Gasteiger partial charge in [0.15, 0.2) is 0 Å². The van der Waals surface area contributed by atoms with Crippen molar-refractivity contribution in [3.63, 3.8) is 0 Å². The van der Waals surface area contributed by atoms with E-state index < -0.39 is 0 Å². The lowest BCUT2D eigenvalue weighted by Gasteiger charge is -2.38. The number of likely N-dealkylation sites (tertiary alicyclic amines) is 1. The molecule has 5 heteroatoms. The Kier molecular flexibility index (Phi) is 5.40. The van der Waals surface area contributed by atoms with Gasteiger partial charge in [-0.05, 0) is 57.4 Å². The van der Waals surface area contributed by atoms with Crippen LogP contribution in [-0.4, -0.2) is 42.9 Å². The first-order valence-corrected chi connectivity index (χ1v) is 7.89. The summed E-state index contributed by atoms with van der Waals surface area (Å²) in [5.74, 6) is 0.848. The minimum atomic E-state index is -0.256. The SMILES string of the molecule is CNC(=O)C1CCCCN1C(=O)C1CCC(CN)CC1. The molecule has 3 N–H and O–H groups in total. The van der Waals surface area contributed by atoms with Crippen molar-refractivity contribution in [2.75, 3.05) is 20.1 Å². The smallest absolute Gasteiger partial charge is 0.242 e. The zero-order chi connectivity index (χ0) is 14.5. The van der Waals surface area contributed by atoms with Gasteiger partial charge in [0, 0.05) is 19.5 Å². The van der Waals surface area contributed by atoms with E-state index in [4.69, 9.17) is 5.73 Å². The number of nitrogens with zero attached hydrogens (tertiary/aromatic N) is 1. The molecule has 0 spiro atoms. The molecule has 1 saturated heterocycles. The van der Waals surface area contributed by atoms with Crippen molar-refractivity contribution >= 4 is 11.8 Å². The third-order valence-electron chi connectivity index (χ3n) is 4.86. The number of hydrogen-bond donors (Lipinski definition) is 2. The number of hydrogen-bond acceptors (Lipinski definition) is 3. The van der Waals surface area contributed by atoms with Crippen LogP contribution in [-0.2, 0) is 9.59 Å². The van der Waals surface area contributed by atoms with Gasteiger partial charge in [0.05, 0.1) is 0 Å². The number of piperidine rings is 1. The molecule has 2 aliphatic rings. The van der Waals surface area contributed by atoms with Gasteiger partial charge in [-0.25, -0.2) is 0 Å². The normalized spacial score (nSPS) is 30.9. The Morgan fingerprint density at radius 1 is 1.15 bits per heavy atom. The average molecular weight is 281 g/mol. The Balaban J connectivity index is 1.97. The Labute approximate surface area is 121 Å². The second kappa shape index (κ2) is 7.07. The van der Waals surface area contributed by atoms with Crippen molar-refractivity contribution in [3.05, 3.63) is 0 Å². The van der Waals surface area contributed by atoms with E-state index >= 15 is 0 Å². The highest BCUT2D eigenvalue weighted by Crippen LogP contribution is 2.31. The Hall–Kier alpha value is -1.10. The van der Waals surface area contributed by atoms with Crippen LogP contribution in [0.15, 0.2) is 0 Å². The topological polar surface area (TPSA) is 75.4 Å². The molecule has 1 atom stereocenters. The molecule has 114 valence electrons. The molecule has 5 nitrogen and oxygen atoms in total. The molecule has 0 aromatic carbocycles. The molecule has 0 aromatic heterocycles. The molecule has 0 aromatic rings. The lowest BCUT2D eigenvalue weighted by molar-refractivity contribution is -0.146. The van der Waals surface area contributed by atoms with Gasteiger partial charge in [-0.15, -0.1) is 0 Å². The largest absolute Gasteiger partial charge is 0.357 e. The van der Waals surface area contributed by atoms with E-state index in [1.54, 1.807) is 7.05 Å². The summed E-state index contributed by atoms with van der Waals surface area (Å²) in [5.41, 5.74) is 5.70. The second-order valence-corrected chi connectivity index (χ2v) is 6.11. The molecule has 1 unspecified atom stereocenters. The molecular formula is C15H27N3O2. The van der Waals surface area contributed by atoms with Crippen molar-refractivity contribution < 1.29 is 9.59 Å². The predicted octanol–water partition coefficient (Wildman–Crippen LogP) is 0.879. The van der Waals surface area contributed by atoms with E-state index in [1.807, 2.05) is 4.90 Å². The maximum absolute atomic E-state index is 12.7. The fourth-order valence-electron chi connectivity index (χ4n) is 3.51. The zero-order valence-electron chi connectivity index (χ0n) is 12.4. The van der Waals surface area contributed by atoms with Crippen LogP contribution in [0.4, 0.5) is 0 Å². The van der Waals surface area contributed by atoms with Gasteiger partial charge in [0.2, 0.25) is 11.8 Å². The van der Waals surface area contributed by atoms with Crippen LogP contribution in [0.5, 0.6) is 0 Å². The number of rotatable bonds is 3. The summed E-state index contributed by atoms with van der Waals surface area (Å²) >= 11 is 0. The van der Waals surface area contributed by atoms with Gasteiger partial charge in [0.25, 0.3) is 0 Å². The van der Waals surface area contributed by atoms with Crippen molar-refractivity contribution in [2.45, 2.75) is 51.0 Å². The van der Waals surface area contributed by atoms with Crippen molar-refractivity contribution in [1.29, 1.82) is 0 Å². The number of nitrogens with two attached hydrogens (primary N) is 1. The minimum Gasteiger partial charge on any atom is -0.357 e. The summed E-state index contributed by atoms with van der Waals surface area (Å²) < 4.78 is 0. The zero-order valence-corrected chi connectivity index (χ0v) is 12.4. The minimum absolute atomic E-state index is 0.0197. The van der Waals surface area contributed by atoms with Crippen LogP contribution in [0.1, 0.15) is 44.9 Å². The highest BCUT2D eigenvalue weighted by atomic mass is 16.2. The predicted molar refractivity (Wildman–Crippen MR) is 77.9 cm³/mol. The van der Waals surface area contributed by atoms with Crippen LogP contribution < -0.4 is 11.1 Å². The molecule has 2 fully saturated rings. The first kappa shape index (κ1) is 15.3. The summed E-state index contributed by atoms with van der Waals surface area (Å²) in [6.07, 6.45) is 6.79. The number of likely N-dealkylation sites (N-methyl/N-ethyl adjacent to an activating group) is 1. The molecule has 2 rings (SSSR count). The van der Waals surface area contributed by atoms with Crippen molar-refractivity contribution in [3.8, 4) is 0 Å². The molecule has 0 bridgehead atoms. The van der Waals surface area contributed by atoms with Gasteiger partial charge in [-0.1, -0.05) is 0 Å². The van der Waals surface area contributed by atoms with E-state index in [1.165, 1.54) is 0 Å². The van der Waals surface area contributed by atoms with Gasteiger partial charge >= 0.3 is 0 Å². The molecule has 1 heterocycles.